The summed E-state index contributed by atoms with van der Waals surface area (Å²) in [6.45, 7) is 4.95. The normalized spacial score (nSPS) is 11.1. The number of rotatable bonds is 6. The standard InChI is InChI=1S/C10H19N3O/c1-3-8(4-2)10-12-9(13-14-10)6-5-7-11/h8H,3-7,11H2,1-2H3. The van der Waals surface area contributed by atoms with Crippen LogP contribution in [0.25, 0.3) is 0 Å². The molecule has 0 amide bonds. The number of nitrogens with zero attached hydrogens (tertiary/aromatic N) is 2. The van der Waals surface area contributed by atoms with Gasteiger partial charge in [0.1, 0.15) is 0 Å². The maximum Gasteiger partial charge on any atom is 0.229 e. The second-order valence-electron chi connectivity index (χ2n) is 3.45. The van der Waals surface area contributed by atoms with E-state index in [9.17, 15) is 0 Å². The van der Waals surface area contributed by atoms with E-state index in [1.54, 1.807) is 0 Å². The molecule has 0 saturated carbocycles. The van der Waals surface area contributed by atoms with Crippen molar-refractivity contribution >= 4 is 0 Å². The summed E-state index contributed by atoms with van der Waals surface area (Å²) in [5.41, 5.74) is 5.41. The highest BCUT2D eigenvalue weighted by Gasteiger charge is 2.14. The van der Waals surface area contributed by atoms with E-state index in [1.165, 1.54) is 0 Å². The van der Waals surface area contributed by atoms with Crippen molar-refractivity contribution in [1.82, 2.24) is 10.1 Å². The molecule has 0 bridgehead atoms. The number of aromatic nitrogens is 2. The molecule has 0 aromatic carbocycles. The van der Waals surface area contributed by atoms with Crippen LogP contribution in [0.1, 0.15) is 50.7 Å². The molecule has 0 atom stereocenters. The van der Waals surface area contributed by atoms with Crippen molar-refractivity contribution in [2.45, 2.75) is 45.4 Å². The quantitative estimate of drug-likeness (QED) is 0.756. The Hall–Kier alpha value is -0.900. The van der Waals surface area contributed by atoms with Crippen molar-refractivity contribution in [1.29, 1.82) is 0 Å². The van der Waals surface area contributed by atoms with Gasteiger partial charge in [-0.25, -0.2) is 0 Å². The molecule has 0 aliphatic carbocycles. The van der Waals surface area contributed by atoms with Crippen molar-refractivity contribution in [2.24, 2.45) is 5.73 Å². The minimum Gasteiger partial charge on any atom is -0.339 e. The van der Waals surface area contributed by atoms with E-state index in [0.29, 0.717) is 12.5 Å². The molecule has 1 rings (SSSR count). The molecule has 0 spiro atoms. The lowest BCUT2D eigenvalue weighted by Gasteiger charge is -2.04. The Labute approximate surface area is 84.9 Å². The number of aryl methyl sites for hydroxylation is 1. The first-order valence-electron chi connectivity index (χ1n) is 5.34. The zero-order chi connectivity index (χ0) is 10.4. The zero-order valence-electron chi connectivity index (χ0n) is 8.99. The monoisotopic (exact) mass is 197 g/mol. The van der Waals surface area contributed by atoms with Crippen LogP contribution in [0.4, 0.5) is 0 Å². The minimum absolute atomic E-state index is 0.411. The van der Waals surface area contributed by atoms with Gasteiger partial charge in [0, 0.05) is 12.3 Å². The van der Waals surface area contributed by atoms with E-state index in [4.69, 9.17) is 10.3 Å². The van der Waals surface area contributed by atoms with Crippen LogP contribution < -0.4 is 5.73 Å². The Kier molecular flexibility index (Phi) is 4.59. The summed E-state index contributed by atoms with van der Waals surface area (Å²) in [4.78, 5) is 4.36. The summed E-state index contributed by atoms with van der Waals surface area (Å²) >= 11 is 0. The van der Waals surface area contributed by atoms with Crippen molar-refractivity contribution < 1.29 is 4.52 Å². The topological polar surface area (TPSA) is 64.9 Å². The Morgan fingerprint density at radius 2 is 2.07 bits per heavy atom. The highest BCUT2D eigenvalue weighted by atomic mass is 16.5. The summed E-state index contributed by atoms with van der Waals surface area (Å²) in [5.74, 6) is 1.98. The van der Waals surface area contributed by atoms with Crippen LogP contribution in [0.15, 0.2) is 4.52 Å². The van der Waals surface area contributed by atoms with Gasteiger partial charge in [-0.05, 0) is 25.8 Å². The summed E-state index contributed by atoms with van der Waals surface area (Å²) < 4.78 is 5.20. The third-order valence-corrected chi connectivity index (χ3v) is 2.42. The molecular formula is C10H19N3O. The van der Waals surface area contributed by atoms with Crippen LogP contribution in [0.3, 0.4) is 0 Å². The Bertz CT molecular complexity index is 256. The van der Waals surface area contributed by atoms with Gasteiger partial charge in [0.15, 0.2) is 5.82 Å². The molecule has 0 aliphatic rings. The Morgan fingerprint density at radius 1 is 1.36 bits per heavy atom. The summed E-state index contributed by atoms with van der Waals surface area (Å²) in [6, 6.07) is 0. The van der Waals surface area contributed by atoms with E-state index in [1.807, 2.05) is 0 Å². The van der Waals surface area contributed by atoms with E-state index in [-0.39, 0.29) is 0 Å². The molecule has 0 unspecified atom stereocenters. The van der Waals surface area contributed by atoms with E-state index in [2.05, 4.69) is 24.0 Å². The smallest absolute Gasteiger partial charge is 0.229 e. The second kappa shape index (κ2) is 5.75. The van der Waals surface area contributed by atoms with Crippen LogP contribution in [0, 0.1) is 0 Å². The Morgan fingerprint density at radius 3 is 2.64 bits per heavy atom. The summed E-state index contributed by atoms with van der Waals surface area (Å²) in [7, 11) is 0. The lowest BCUT2D eigenvalue weighted by atomic mass is 10.0. The number of nitrogens with two attached hydrogens (primary N) is 1. The summed E-state index contributed by atoms with van der Waals surface area (Å²) in [6.07, 6.45) is 3.84. The molecule has 4 heteroatoms. The molecule has 2 N–H and O–H groups in total. The predicted octanol–water partition coefficient (Wildman–Crippen LogP) is 1.86. The molecule has 1 aromatic heterocycles. The van der Waals surface area contributed by atoms with Crippen molar-refractivity contribution in [3.63, 3.8) is 0 Å². The third-order valence-electron chi connectivity index (χ3n) is 2.42. The molecule has 80 valence electrons. The number of hydrogen-bond donors (Lipinski definition) is 1. The third kappa shape index (κ3) is 2.80. The van der Waals surface area contributed by atoms with Gasteiger partial charge in [-0.2, -0.15) is 4.98 Å². The lowest BCUT2D eigenvalue weighted by Crippen LogP contribution is -2.01. The summed E-state index contributed by atoms with van der Waals surface area (Å²) in [5, 5.41) is 3.93. The Balaban J connectivity index is 2.57. The van der Waals surface area contributed by atoms with Gasteiger partial charge in [-0.1, -0.05) is 19.0 Å². The molecule has 0 aliphatic heterocycles. The molecular weight excluding hydrogens is 178 g/mol. The second-order valence-corrected chi connectivity index (χ2v) is 3.45. The molecule has 0 fully saturated rings. The van der Waals surface area contributed by atoms with Crippen LogP contribution in [0.5, 0.6) is 0 Å². The van der Waals surface area contributed by atoms with Gasteiger partial charge >= 0.3 is 0 Å². The zero-order valence-corrected chi connectivity index (χ0v) is 8.99. The van der Waals surface area contributed by atoms with Gasteiger partial charge in [0.25, 0.3) is 0 Å². The molecule has 14 heavy (non-hydrogen) atoms. The van der Waals surface area contributed by atoms with Gasteiger partial charge in [0.05, 0.1) is 0 Å². The van der Waals surface area contributed by atoms with E-state index < -0.39 is 0 Å². The average Bonchev–Trinajstić information content (AvgIpc) is 2.65. The fourth-order valence-electron chi connectivity index (χ4n) is 1.43. The van der Waals surface area contributed by atoms with Crippen LogP contribution in [-0.2, 0) is 6.42 Å². The van der Waals surface area contributed by atoms with Crippen molar-refractivity contribution in [3.05, 3.63) is 11.7 Å². The van der Waals surface area contributed by atoms with Gasteiger partial charge in [-0.3, -0.25) is 0 Å². The SMILES string of the molecule is CCC(CC)c1nc(CCCN)no1. The maximum atomic E-state index is 5.41. The highest BCUT2D eigenvalue weighted by Crippen LogP contribution is 2.20. The molecule has 0 radical (unpaired) electrons. The van der Waals surface area contributed by atoms with Crippen molar-refractivity contribution in [2.75, 3.05) is 6.54 Å². The van der Waals surface area contributed by atoms with Gasteiger partial charge in [-0.15, -0.1) is 0 Å². The van der Waals surface area contributed by atoms with E-state index >= 15 is 0 Å². The molecule has 4 nitrogen and oxygen atoms in total. The van der Waals surface area contributed by atoms with Gasteiger partial charge < -0.3 is 10.3 Å². The highest BCUT2D eigenvalue weighted by molar-refractivity contribution is 4.93. The first kappa shape index (κ1) is 11.2. The fraction of sp³-hybridized carbons (Fsp3) is 0.800. The molecule has 0 saturated heterocycles. The molecule has 1 heterocycles. The fourth-order valence-corrected chi connectivity index (χ4v) is 1.43. The van der Waals surface area contributed by atoms with Crippen molar-refractivity contribution in [3.8, 4) is 0 Å². The van der Waals surface area contributed by atoms with Gasteiger partial charge in [0.2, 0.25) is 5.89 Å². The maximum absolute atomic E-state index is 5.41. The minimum atomic E-state index is 0.411. The van der Waals surface area contributed by atoms with Crippen LogP contribution in [0.2, 0.25) is 0 Å². The van der Waals surface area contributed by atoms with Crippen LogP contribution in [-0.4, -0.2) is 16.7 Å². The first-order chi connectivity index (χ1) is 6.81. The molecule has 1 aromatic rings. The predicted molar refractivity (Wildman–Crippen MR) is 55.0 cm³/mol. The average molecular weight is 197 g/mol. The van der Waals surface area contributed by atoms with E-state index in [0.717, 1.165) is 37.4 Å². The first-order valence-corrected chi connectivity index (χ1v) is 5.34. The number of hydrogen-bond acceptors (Lipinski definition) is 4. The largest absolute Gasteiger partial charge is 0.339 e. The lowest BCUT2D eigenvalue weighted by molar-refractivity contribution is 0.342. The van der Waals surface area contributed by atoms with Crippen LogP contribution >= 0.6 is 0 Å².